The minimum Gasteiger partial charge on any atom is -0.419 e. The van der Waals surface area contributed by atoms with Gasteiger partial charge in [0.2, 0.25) is 5.89 Å². The van der Waals surface area contributed by atoms with Crippen LogP contribution in [0.4, 0.5) is 0 Å². The average molecular weight is 353 g/mol. The van der Waals surface area contributed by atoms with Crippen molar-refractivity contribution in [2.75, 3.05) is 7.11 Å². The highest BCUT2D eigenvalue weighted by molar-refractivity contribution is 5.66. The van der Waals surface area contributed by atoms with Crippen LogP contribution in [0.5, 0.6) is 0 Å². The highest BCUT2D eigenvalue weighted by Gasteiger charge is 2.18. The van der Waals surface area contributed by atoms with Crippen molar-refractivity contribution in [2.24, 2.45) is 0 Å². The Bertz CT molecular complexity index is 1080. The Morgan fingerprint density at radius 3 is 2.77 bits per heavy atom. The van der Waals surface area contributed by atoms with E-state index in [0.717, 1.165) is 11.1 Å². The molecule has 0 atom stereocenters. The molecule has 4 aromatic rings. The van der Waals surface area contributed by atoms with Crippen LogP contribution in [0.1, 0.15) is 11.5 Å². The first-order chi connectivity index (χ1) is 12.8. The number of fused-ring (bicyclic) bond motifs is 1. The molecular formula is C16H15N7O3. The Morgan fingerprint density at radius 1 is 1.12 bits per heavy atom. The van der Waals surface area contributed by atoms with Crippen LogP contribution in [0.25, 0.3) is 17.2 Å². The topological polar surface area (TPSA) is 113 Å². The summed E-state index contributed by atoms with van der Waals surface area (Å²) in [4.78, 5) is 16.4. The lowest BCUT2D eigenvalue weighted by molar-refractivity contribution is 0.111. The van der Waals surface area contributed by atoms with Crippen LogP contribution in [0, 0.1) is 0 Å². The van der Waals surface area contributed by atoms with E-state index in [0.29, 0.717) is 18.0 Å². The molecule has 0 bridgehead atoms. The van der Waals surface area contributed by atoms with Crippen molar-refractivity contribution in [3.8, 4) is 11.6 Å². The van der Waals surface area contributed by atoms with Crippen LogP contribution < -0.4 is 5.69 Å². The van der Waals surface area contributed by atoms with E-state index < -0.39 is 5.69 Å². The highest BCUT2D eigenvalue weighted by Crippen LogP contribution is 2.19. The summed E-state index contributed by atoms with van der Waals surface area (Å²) in [6.45, 7) is -0.000518. The molecule has 3 aromatic heterocycles. The fourth-order valence-corrected chi connectivity index (χ4v) is 2.54. The molecule has 0 amide bonds. The predicted molar refractivity (Wildman–Crippen MR) is 89.2 cm³/mol. The molecule has 10 heteroatoms. The van der Waals surface area contributed by atoms with E-state index in [-0.39, 0.29) is 18.3 Å². The minimum atomic E-state index is -0.417. The van der Waals surface area contributed by atoms with Crippen LogP contribution in [0.2, 0.25) is 0 Å². The van der Waals surface area contributed by atoms with Gasteiger partial charge in [-0.15, -0.1) is 15.3 Å². The summed E-state index contributed by atoms with van der Waals surface area (Å²) in [7, 11) is 1.47. The van der Waals surface area contributed by atoms with Gasteiger partial charge in [0.15, 0.2) is 11.3 Å². The summed E-state index contributed by atoms with van der Waals surface area (Å²) < 4.78 is 12.9. The van der Waals surface area contributed by atoms with Crippen LogP contribution in [0.3, 0.4) is 0 Å². The Kier molecular flexibility index (Phi) is 4.23. The second-order valence-corrected chi connectivity index (χ2v) is 5.56. The third kappa shape index (κ3) is 2.97. The van der Waals surface area contributed by atoms with Gasteiger partial charge in [-0.1, -0.05) is 35.5 Å². The Labute approximate surface area is 147 Å². The maximum atomic E-state index is 12.3. The summed E-state index contributed by atoms with van der Waals surface area (Å²) >= 11 is 0. The van der Waals surface area contributed by atoms with E-state index >= 15 is 0 Å². The number of hydrogen-bond donors (Lipinski definition) is 0. The molecule has 0 saturated carbocycles. The highest BCUT2D eigenvalue weighted by atomic mass is 16.5. The molecule has 0 unspecified atom stereocenters. The largest absolute Gasteiger partial charge is 0.419 e. The van der Waals surface area contributed by atoms with Crippen molar-refractivity contribution in [1.82, 2.24) is 34.6 Å². The SMILES string of the molecule is COCn1nnc2c(-c3nnc(CCc4ccccc4)o3)ncn2c1=O. The summed E-state index contributed by atoms with van der Waals surface area (Å²) in [6.07, 6.45) is 2.74. The van der Waals surface area contributed by atoms with Gasteiger partial charge in [-0.25, -0.2) is 14.2 Å². The zero-order valence-corrected chi connectivity index (χ0v) is 13.9. The van der Waals surface area contributed by atoms with Gasteiger partial charge in [0.1, 0.15) is 13.1 Å². The Balaban J connectivity index is 1.59. The second kappa shape index (κ2) is 6.84. The zero-order chi connectivity index (χ0) is 17.9. The van der Waals surface area contributed by atoms with Crippen LogP contribution in [-0.2, 0) is 24.3 Å². The first-order valence-corrected chi connectivity index (χ1v) is 7.92. The number of nitrogens with zero attached hydrogens (tertiary/aromatic N) is 7. The molecule has 4 rings (SSSR count). The molecule has 0 radical (unpaired) electrons. The first kappa shape index (κ1) is 16.1. The number of rotatable bonds is 6. The van der Waals surface area contributed by atoms with Gasteiger partial charge in [0, 0.05) is 13.5 Å². The number of hydrogen-bond acceptors (Lipinski definition) is 8. The van der Waals surface area contributed by atoms with Crippen molar-refractivity contribution in [1.29, 1.82) is 0 Å². The minimum absolute atomic E-state index is 0.000518. The van der Waals surface area contributed by atoms with E-state index in [9.17, 15) is 4.79 Å². The Hall–Kier alpha value is -3.40. The third-order valence-corrected chi connectivity index (χ3v) is 3.81. The van der Waals surface area contributed by atoms with Crippen molar-refractivity contribution in [2.45, 2.75) is 19.6 Å². The fraction of sp³-hybridized carbons (Fsp3) is 0.250. The fourth-order valence-electron chi connectivity index (χ4n) is 2.54. The van der Waals surface area contributed by atoms with Crippen molar-refractivity contribution < 1.29 is 9.15 Å². The van der Waals surface area contributed by atoms with Gasteiger partial charge in [-0.3, -0.25) is 0 Å². The number of imidazole rings is 1. The maximum absolute atomic E-state index is 12.3. The standard InChI is InChI=1S/C16H15N7O3/c1-25-10-23-16(24)22-9-17-13(14(22)19-21-23)15-20-18-12(26-15)8-7-11-5-3-2-4-6-11/h2-6,9H,7-8,10H2,1H3. The maximum Gasteiger partial charge on any atom is 0.355 e. The van der Waals surface area contributed by atoms with E-state index in [1.165, 1.54) is 23.4 Å². The van der Waals surface area contributed by atoms with Gasteiger partial charge < -0.3 is 9.15 Å². The smallest absolute Gasteiger partial charge is 0.355 e. The van der Waals surface area contributed by atoms with Crippen molar-refractivity contribution in [3.05, 3.63) is 58.6 Å². The molecule has 10 nitrogen and oxygen atoms in total. The lowest BCUT2D eigenvalue weighted by Crippen LogP contribution is -2.30. The number of aromatic nitrogens is 7. The van der Waals surface area contributed by atoms with Gasteiger partial charge in [0.05, 0.1) is 0 Å². The van der Waals surface area contributed by atoms with E-state index in [2.05, 4.69) is 25.5 Å². The number of methoxy groups -OCH3 is 1. The summed E-state index contributed by atoms with van der Waals surface area (Å²) in [5.41, 5.74) is 1.34. The van der Waals surface area contributed by atoms with Crippen LogP contribution >= 0.6 is 0 Å². The van der Waals surface area contributed by atoms with E-state index in [4.69, 9.17) is 9.15 Å². The molecule has 0 aliphatic carbocycles. The lowest BCUT2D eigenvalue weighted by atomic mass is 10.1. The molecule has 1 aromatic carbocycles. The summed E-state index contributed by atoms with van der Waals surface area (Å²) in [5, 5.41) is 15.9. The monoisotopic (exact) mass is 353 g/mol. The third-order valence-electron chi connectivity index (χ3n) is 3.81. The molecule has 132 valence electrons. The molecule has 3 heterocycles. The molecule has 0 N–H and O–H groups in total. The quantitative estimate of drug-likeness (QED) is 0.498. The number of ether oxygens (including phenoxy) is 1. The van der Waals surface area contributed by atoms with Crippen molar-refractivity contribution in [3.63, 3.8) is 0 Å². The number of aryl methyl sites for hydroxylation is 2. The predicted octanol–water partition coefficient (Wildman–Crippen LogP) is 0.725. The normalized spacial score (nSPS) is 11.3. The van der Waals surface area contributed by atoms with Gasteiger partial charge >= 0.3 is 5.69 Å². The summed E-state index contributed by atoms with van der Waals surface area (Å²) in [6, 6.07) is 10.0. The van der Waals surface area contributed by atoms with Gasteiger partial charge in [-0.05, 0) is 12.0 Å². The van der Waals surface area contributed by atoms with Crippen LogP contribution in [0.15, 0.2) is 45.9 Å². The van der Waals surface area contributed by atoms with Crippen LogP contribution in [-0.4, -0.2) is 41.7 Å². The number of benzene rings is 1. The van der Waals surface area contributed by atoms with E-state index in [1.54, 1.807) is 0 Å². The first-order valence-electron chi connectivity index (χ1n) is 7.92. The molecule has 26 heavy (non-hydrogen) atoms. The second-order valence-electron chi connectivity index (χ2n) is 5.56. The molecule has 0 saturated heterocycles. The van der Waals surface area contributed by atoms with Gasteiger partial charge in [0.25, 0.3) is 5.89 Å². The molecule has 0 aliphatic rings. The van der Waals surface area contributed by atoms with Gasteiger partial charge in [-0.2, -0.15) is 4.68 Å². The zero-order valence-electron chi connectivity index (χ0n) is 13.9. The molecular weight excluding hydrogens is 338 g/mol. The average Bonchev–Trinajstić information content (AvgIpc) is 3.30. The lowest BCUT2D eigenvalue weighted by Gasteiger charge is -2.01. The molecule has 0 fully saturated rings. The van der Waals surface area contributed by atoms with Crippen molar-refractivity contribution >= 4 is 5.65 Å². The molecule has 0 aliphatic heterocycles. The Morgan fingerprint density at radius 2 is 1.96 bits per heavy atom. The summed E-state index contributed by atoms with van der Waals surface area (Å²) in [5.74, 6) is 0.694. The van der Waals surface area contributed by atoms with E-state index in [1.807, 2.05) is 30.3 Å². The molecule has 0 spiro atoms.